The average Bonchev–Trinajstić information content (AvgIpc) is 3.05. The Labute approximate surface area is 138 Å². The van der Waals surface area contributed by atoms with E-state index in [1.165, 1.54) is 12.1 Å². The molecule has 1 heterocycles. The van der Waals surface area contributed by atoms with Gasteiger partial charge in [-0.3, -0.25) is 4.79 Å². The molecule has 0 radical (unpaired) electrons. The van der Waals surface area contributed by atoms with Gasteiger partial charge in [-0.25, -0.2) is 4.39 Å². The largest absolute Gasteiger partial charge is 0.317 e. The Balaban J connectivity index is 1.75. The van der Waals surface area contributed by atoms with Gasteiger partial charge in [-0.15, -0.1) is 0 Å². The summed E-state index contributed by atoms with van der Waals surface area (Å²) < 4.78 is 15.1. The monoisotopic (exact) mass is 315 g/mol. The van der Waals surface area contributed by atoms with Gasteiger partial charge in [-0.1, -0.05) is 30.3 Å². The Kier molecular flexibility index (Phi) is 3.47. The molecule has 4 rings (SSSR count). The molecule has 3 aromatic carbocycles. The van der Waals surface area contributed by atoms with E-state index >= 15 is 0 Å². The molecule has 0 fully saturated rings. The van der Waals surface area contributed by atoms with E-state index in [9.17, 15) is 9.18 Å². The molecule has 0 spiro atoms. The molecular weight excluding hydrogens is 301 g/mol. The molecule has 0 amide bonds. The Hall–Kier alpha value is -3.20. The van der Waals surface area contributed by atoms with E-state index in [1.807, 2.05) is 65.4 Å². The molecule has 24 heavy (non-hydrogen) atoms. The van der Waals surface area contributed by atoms with Crippen LogP contribution in [-0.4, -0.2) is 10.4 Å². The fourth-order valence-corrected chi connectivity index (χ4v) is 2.87. The molecule has 0 bridgehead atoms. The molecule has 0 aliphatic heterocycles. The first-order valence-electron chi connectivity index (χ1n) is 7.69. The number of rotatable bonds is 3. The summed E-state index contributed by atoms with van der Waals surface area (Å²) in [5.74, 6) is -0.252. The van der Waals surface area contributed by atoms with Gasteiger partial charge < -0.3 is 4.57 Å². The Morgan fingerprint density at radius 2 is 1.54 bits per heavy atom. The van der Waals surface area contributed by atoms with Crippen LogP contribution in [0.1, 0.15) is 15.9 Å². The number of ketones is 1. The molecule has 4 aromatic rings. The van der Waals surface area contributed by atoms with Crippen LogP contribution in [0.3, 0.4) is 0 Å². The van der Waals surface area contributed by atoms with Crippen molar-refractivity contribution in [3.8, 4) is 5.69 Å². The van der Waals surface area contributed by atoms with Gasteiger partial charge in [0.1, 0.15) is 5.82 Å². The minimum atomic E-state index is -0.258. The predicted octanol–water partition coefficient (Wildman–Crippen LogP) is 5.00. The van der Waals surface area contributed by atoms with Gasteiger partial charge in [0.15, 0.2) is 5.78 Å². The molecule has 3 heteroatoms. The highest BCUT2D eigenvalue weighted by Gasteiger charge is 2.11. The van der Waals surface area contributed by atoms with Crippen LogP contribution in [0.4, 0.5) is 4.39 Å². The molecule has 0 unspecified atom stereocenters. The van der Waals surface area contributed by atoms with Crippen LogP contribution >= 0.6 is 0 Å². The molecular formula is C21H14FNO. The molecule has 116 valence electrons. The minimum absolute atomic E-state index is 0.00651. The molecule has 0 aliphatic rings. The molecule has 0 aliphatic carbocycles. The summed E-state index contributed by atoms with van der Waals surface area (Å²) in [7, 11) is 0. The van der Waals surface area contributed by atoms with Gasteiger partial charge in [-0.2, -0.15) is 0 Å². The number of fused-ring (bicyclic) bond motifs is 1. The average molecular weight is 315 g/mol. The van der Waals surface area contributed by atoms with Gasteiger partial charge in [0.05, 0.1) is 5.52 Å². The van der Waals surface area contributed by atoms with Crippen molar-refractivity contribution in [2.24, 2.45) is 0 Å². The number of hydrogen-bond donors (Lipinski definition) is 0. The Bertz CT molecular complexity index is 1020. The van der Waals surface area contributed by atoms with E-state index in [0.717, 1.165) is 16.6 Å². The molecule has 0 atom stereocenters. The maximum absolute atomic E-state index is 13.1. The molecule has 1 aromatic heterocycles. The Morgan fingerprint density at radius 1 is 0.792 bits per heavy atom. The maximum Gasteiger partial charge on any atom is 0.193 e. The molecule has 0 N–H and O–H groups in total. The number of halogens is 1. The van der Waals surface area contributed by atoms with Crippen molar-refractivity contribution in [3.05, 3.63) is 102 Å². The molecule has 0 saturated carbocycles. The smallest absolute Gasteiger partial charge is 0.193 e. The van der Waals surface area contributed by atoms with Crippen molar-refractivity contribution in [1.82, 2.24) is 4.57 Å². The van der Waals surface area contributed by atoms with Crippen LogP contribution in [0, 0.1) is 5.82 Å². The summed E-state index contributed by atoms with van der Waals surface area (Å²) in [4.78, 5) is 12.6. The SMILES string of the molecule is O=C(c1ccccc1)c1ccc2c(ccn2-c2ccc(F)cc2)c1. The second-order valence-electron chi connectivity index (χ2n) is 5.63. The van der Waals surface area contributed by atoms with E-state index in [4.69, 9.17) is 0 Å². The highest BCUT2D eigenvalue weighted by atomic mass is 19.1. The first-order valence-corrected chi connectivity index (χ1v) is 7.69. The van der Waals surface area contributed by atoms with Gasteiger partial charge in [0, 0.05) is 28.4 Å². The third-order valence-corrected chi connectivity index (χ3v) is 4.09. The lowest BCUT2D eigenvalue weighted by molar-refractivity contribution is 0.103. The first-order chi connectivity index (χ1) is 11.7. The van der Waals surface area contributed by atoms with Crippen molar-refractivity contribution < 1.29 is 9.18 Å². The number of carbonyl (C=O) groups is 1. The van der Waals surface area contributed by atoms with Crippen molar-refractivity contribution in [2.75, 3.05) is 0 Å². The van der Waals surface area contributed by atoms with E-state index in [1.54, 1.807) is 12.1 Å². The minimum Gasteiger partial charge on any atom is -0.317 e. The lowest BCUT2D eigenvalue weighted by Gasteiger charge is -2.06. The lowest BCUT2D eigenvalue weighted by Crippen LogP contribution is -2.00. The first kappa shape index (κ1) is 14.4. The van der Waals surface area contributed by atoms with Gasteiger partial charge in [0.25, 0.3) is 0 Å². The second-order valence-corrected chi connectivity index (χ2v) is 5.63. The molecule has 2 nitrogen and oxygen atoms in total. The van der Waals surface area contributed by atoms with Crippen molar-refractivity contribution in [3.63, 3.8) is 0 Å². The van der Waals surface area contributed by atoms with Crippen LogP contribution in [0.2, 0.25) is 0 Å². The summed E-state index contributed by atoms with van der Waals surface area (Å²) >= 11 is 0. The lowest BCUT2D eigenvalue weighted by atomic mass is 10.0. The van der Waals surface area contributed by atoms with Crippen molar-refractivity contribution in [1.29, 1.82) is 0 Å². The zero-order chi connectivity index (χ0) is 16.5. The summed E-state index contributed by atoms with van der Waals surface area (Å²) in [6.45, 7) is 0. The second kappa shape index (κ2) is 5.78. The fourth-order valence-electron chi connectivity index (χ4n) is 2.87. The normalized spacial score (nSPS) is 10.9. The standard InChI is InChI=1S/C21H14FNO/c22-18-7-9-19(10-8-18)23-13-12-16-14-17(6-11-20(16)23)21(24)15-4-2-1-3-5-15/h1-14H. The summed E-state index contributed by atoms with van der Waals surface area (Å²) in [5, 5.41) is 0.973. The number of benzene rings is 3. The number of hydrogen-bond acceptors (Lipinski definition) is 1. The van der Waals surface area contributed by atoms with Gasteiger partial charge in [-0.05, 0) is 48.5 Å². The zero-order valence-corrected chi connectivity index (χ0v) is 12.8. The van der Waals surface area contributed by atoms with Gasteiger partial charge >= 0.3 is 0 Å². The Morgan fingerprint density at radius 3 is 2.29 bits per heavy atom. The van der Waals surface area contributed by atoms with Gasteiger partial charge in [0.2, 0.25) is 0 Å². The van der Waals surface area contributed by atoms with Crippen LogP contribution in [0.15, 0.2) is 85.1 Å². The van der Waals surface area contributed by atoms with Crippen molar-refractivity contribution >= 4 is 16.7 Å². The number of carbonyl (C=O) groups excluding carboxylic acids is 1. The summed E-state index contributed by atoms with van der Waals surface area (Å²) in [5.41, 5.74) is 3.19. The zero-order valence-electron chi connectivity index (χ0n) is 12.8. The maximum atomic E-state index is 13.1. The van der Waals surface area contributed by atoms with E-state index in [2.05, 4.69) is 0 Å². The van der Waals surface area contributed by atoms with Crippen LogP contribution < -0.4 is 0 Å². The van der Waals surface area contributed by atoms with E-state index < -0.39 is 0 Å². The third kappa shape index (κ3) is 2.50. The third-order valence-electron chi connectivity index (χ3n) is 4.09. The topological polar surface area (TPSA) is 22.0 Å². The van der Waals surface area contributed by atoms with Crippen LogP contribution in [-0.2, 0) is 0 Å². The summed E-state index contributed by atoms with van der Waals surface area (Å²) in [6, 6.07) is 23.2. The highest BCUT2D eigenvalue weighted by Crippen LogP contribution is 2.23. The quantitative estimate of drug-likeness (QED) is 0.488. The number of aromatic nitrogens is 1. The van der Waals surface area contributed by atoms with Crippen molar-refractivity contribution in [2.45, 2.75) is 0 Å². The van der Waals surface area contributed by atoms with Crippen LogP contribution in [0.5, 0.6) is 0 Å². The molecule has 0 saturated heterocycles. The summed E-state index contributed by atoms with van der Waals surface area (Å²) in [6.07, 6.45) is 1.93. The predicted molar refractivity (Wildman–Crippen MR) is 93.1 cm³/mol. The number of nitrogens with zero attached hydrogens (tertiary/aromatic N) is 1. The van der Waals surface area contributed by atoms with Crippen LogP contribution in [0.25, 0.3) is 16.6 Å². The fraction of sp³-hybridized carbons (Fsp3) is 0. The van der Waals surface area contributed by atoms with E-state index in [-0.39, 0.29) is 11.6 Å². The van der Waals surface area contributed by atoms with E-state index in [0.29, 0.717) is 11.1 Å². The highest BCUT2D eigenvalue weighted by molar-refractivity contribution is 6.10.